The van der Waals surface area contributed by atoms with E-state index in [-0.39, 0.29) is 0 Å². The van der Waals surface area contributed by atoms with Gasteiger partial charge >= 0.3 is 5.97 Å². The van der Waals surface area contributed by atoms with Gasteiger partial charge in [0.05, 0.1) is 12.0 Å². The standard InChI is InChI=1S/C14H14BrN3O2/c15-10-3-1-9(2-4-10)7-18-8-17-12-6-16-11(14(19)20)5-13(12)18/h1-4,8,11,16H,5-7H2,(H,19,20). The van der Waals surface area contributed by atoms with Crippen LogP contribution in [0.25, 0.3) is 0 Å². The molecule has 1 aromatic heterocycles. The molecule has 0 radical (unpaired) electrons. The minimum absolute atomic E-state index is 0.473. The first kappa shape index (κ1) is 13.3. The molecule has 1 aromatic carbocycles. The zero-order chi connectivity index (χ0) is 14.1. The summed E-state index contributed by atoms with van der Waals surface area (Å²) in [5.74, 6) is -0.813. The average Bonchev–Trinajstić information content (AvgIpc) is 2.84. The van der Waals surface area contributed by atoms with Crippen molar-refractivity contribution in [1.29, 1.82) is 0 Å². The topological polar surface area (TPSA) is 67.1 Å². The van der Waals surface area contributed by atoms with E-state index in [1.165, 1.54) is 5.56 Å². The van der Waals surface area contributed by atoms with Crippen LogP contribution in [0.1, 0.15) is 17.0 Å². The second kappa shape index (κ2) is 5.38. The third-order valence-corrected chi connectivity index (χ3v) is 4.04. The number of carboxylic acid groups (broad SMARTS) is 1. The Bertz CT molecular complexity index is 636. The third-order valence-electron chi connectivity index (χ3n) is 3.51. The molecule has 20 heavy (non-hydrogen) atoms. The fourth-order valence-corrected chi connectivity index (χ4v) is 2.68. The predicted octanol–water partition coefficient (Wildman–Crippen LogP) is 1.79. The lowest BCUT2D eigenvalue weighted by atomic mass is 10.1. The number of fused-ring (bicyclic) bond motifs is 1. The van der Waals surface area contributed by atoms with Crippen LogP contribution in [0.15, 0.2) is 35.1 Å². The fourth-order valence-electron chi connectivity index (χ4n) is 2.41. The van der Waals surface area contributed by atoms with Crippen LogP contribution in [-0.2, 0) is 24.3 Å². The molecule has 104 valence electrons. The molecule has 1 aliphatic heterocycles. The number of hydrogen-bond donors (Lipinski definition) is 2. The van der Waals surface area contributed by atoms with Crippen molar-refractivity contribution >= 4 is 21.9 Å². The lowest BCUT2D eigenvalue weighted by Crippen LogP contribution is -2.42. The van der Waals surface area contributed by atoms with Gasteiger partial charge in [-0.25, -0.2) is 4.98 Å². The lowest BCUT2D eigenvalue weighted by Gasteiger charge is -2.21. The predicted molar refractivity (Wildman–Crippen MR) is 77.4 cm³/mol. The van der Waals surface area contributed by atoms with Crippen LogP contribution in [0, 0.1) is 0 Å². The Morgan fingerprint density at radius 3 is 2.90 bits per heavy atom. The summed E-state index contributed by atoms with van der Waals surface area (Å²) in [5, 5.41) is 12.1. The fraction of sp³-hybridized carbons (Fsp3) is 0.286. The van der Waals surface area contributed by atoms with E-state index in [0.29, 0.717) is 19.5 Å². The quantitative estimate of drug-likeness (QED) is 0.897. The molecule has 0 amide bonds. The van der Waals surface area contributed by atoms with Crippen LogP contribution in [-0.4, -0.2) is 26.7 Å². The number of nitrogens with zero attached hydrogens (tertiary/aromatic N) is 2. The molecular weight excluding hydrogens is 322 g/mol. The molecule has 3 rings (SSSR count). The summed E-state index contributed by atoms with van der Waals surface area (Å²) in [6.07, 6.45) is 2.26. The van der Waals surface area contributed by atoms with Gasteiger partial charge in [0.2, 0.25) is 0 Å². The van der Waals surface area contributed by atoms with Crippen molar-refractivity contribution in [2.24, 2.45) is 0 Å². The highest BCUT2D eigenvalue weighted by atomic mass is 79.9. The largest absolute Gasteiger partial charge is 0.480 e. The zero-order valence-corrected chi connectivity index (χ0v) is 12.3. The first-order chi connectivity index (χ1) is 9.63. The highest BCUT2D eigenvalue weighted by molar-refractivity contribution is 9.10. The van der Waals surface area contributed by atoms with Crippen molar-refractivity contribution in [1.82, 2.24) is 14.9 Å². The van der Waals surface area contributed by atoms with Crippen LogP contribution in [0.2, 0.25) is 0 Å². The summed E-state index contributed by atoms with van der Waals surface area (Å²) in [6.45, 7) is 1.22. The van der Waals surface area contributed by atoms with Crippen molar-refractivity contribution in [2.45, 2.75) is 25.6 Å². The van der Waals surface area contributed by atoms with E-state index in [4.69, 9.17) is 5.11 Å². The second-order valence-corrected chi connectivity index (χ2v) is 5.78. The Labute approximate surface area is 124 Å². The summed E-state index contributed by atoms with van der Waals surface area (Å²) >= 11 is 3.41. The maximum atomic E-state index is 11.1. The molecule has 1 atom stereocenters. The minimum Gasteiger partial charge on any atom is -0.480 e. The number of imidazole rings is 1. The van der Waals surface area contributed by atoms with Gasteiger partial charge in [0.15, 0.2) is 0 Å². The van der Waals surface area contributed by atoms with Crippen LogP contribution in [0.5, 0.6) is 0 Å². The summed E-state index contributed by atoms with van der Waals surface area (Å²) in [5.41, 5.74) is 3.12. The number of nitrogens with one attached hydrogen (secondary N) is 1. The first-order valence-corrected chi connectivity index (χ1v) is 7.16. The van der Waals surface area contributed by atoms with E-state index in [0.717, 1.165) is 15.9 Å². The first-order valence-electron chi connectivity index (χ1n) is 6.37. The van der Waals surface area contributed by atoms with E-state index in [1.54, 1.807) is 6.33 Å². The van der Waals surface area contributed by atoms with Crippen molar-refractivity contribution in [3.05, 3.63) is 52.0 Å². The molecule has 0 saturated carbocycles. The lowest BCUT2D eigenvalue weighted by molar-refractivity contribution is -0.139. The van der Waals surface area contributed by atoms with Crippen molar-refractivity contribution in [3.8, 4) is 0 Å². The molecule has 0 aliphatic carbocycles. The number of carbonyl (C=O) groups is 1. The maximum absolute atomic E-state index is 11.1. The van der Waals surface area contributed by atoms with Gasteiger partial charge in [-0.15, -0.1) is 0 Å². The molecule has 2 heterocycles. The molecule has 6 heteroatoms. The van der Waals surface area contributed by atoms with Crippen LogP contribution < -0.4 is 5.32 Å². The number of halogens is 1. The molecule has 2 aromatic rings. The number of benzene rings is 1. The summed E-state index contributed by atoms with van der Waals surface area (Å²) in [7, 11) is 0. The number of carboxylic acids is 1. The Morgan fingerprint density at radius 1 is 1.45 bits per heavy atom. The molecular formula is C14H14BrN3O2. The number of aromatic nitrogens is 2. The molecule has 2 N–H and O–H groups in total. The SMILES string of the molecule is O=C(O)C1Cc2c(ncn2Cc2ccc(Br)cc2)CN1. The molecule has 0 bridgehead atoms. The van der Waals surface area contributed by atoms with E-state index in [9.17, 15) is 4.79 Å². The summed E-state index contributed by atoms with van der Waals surface area (Å²) in [4.78, 5) is 15.5. The average molecular weight is 336 g/mol. The molecule has 0 spiro atoms. The summed E-state index contributed by atoms with van der Waals surface area (Å²) in [6, 6.07) is 7.57. The number of aliphatic carboxylic acids is 1. The van der Waals surface area contributed by atoms with E-state index >= 15 is 0 Å². The van der Waals surface area contributed by atoms with E-state index < -0.39 is 12.0 Å². The molecule has 5 nitrogen and oxygen atoms in total. The van der Waals surface area contributed by atoms with Crippen LogP contribution in [0.4, 0.5) is 0 Å². The van der Waals surface area contributed by atoms with Gasteiger partial charge in [-0.05, 0) is 17.7 Å². The molecule has 1 aliphatic rings. The highest BCUT2D eigenvalue weighted by Gasteiger charge is 2.26. The van der Waals surface area contributed by atoms with Crippen molar-refractivity contribution in [3.63, 3.8) is 0 Å². The van der Waals surface area contributed by atoms with Gasteiger partial charge < -0.3 is 9.67 Å². The Balaban J connectivity index is 1.83. The van der Waals surface area contributed by atoms with Gasteiger partial charge in [0, 0.05) is 29.7 Å². The third kappa shape index (κ3) is 2.62. The maximum Gasteiger partial charge on any atom is 0.321 e. The normalized spacial score (nSPS) is 17.8. The van der Waals surface area contributed by atoms with Gasteiger partial charge in [-0.2, -0.15) is 0 Å². The molecule has 1 unspecified atom stereocenters. The smallest absolute Gasteiger partial charge is 0.321 e. The Kier molecular flexibility index (Phi) is 3.58. The van der Waals surface area contributed by atoms with Crippen LogP contribution in [0.3, 0.4) is 0 Å². The van der Waals surface area contributed by atoms with Crippen molar-refractivity contribution in [2.75, 3.05) is 0 Å². The monoisotopic (exact) mass is 335 g/mol. The van der Waals surface area contributed by atoms with E-state index in [2.05, 4.69) is 26.2 Å². The number of hydrogen-bond acceptors (Lipinski definition) is 3. The van der Waals surface area contributed by atoms with Gasteiger partial charge in [-0.3, -0.25) is 10.1 Å². The van der Waals surface area contributed by atoms with E-state index in [1.807, 2.05) is 28.8 Å². The molecule has 0 saturated heterocycles. The second-order valence-electron chi connectivity index (χ2n) is 4.87. The van der Waals surface area contributed by atoms with Gasteiger partial charge in [0.25, 0.3) is 0 Å². The minimum atomic E-state index is -0.813. The van der Waals surface area contributed by atoms with Gasteiger partial charge in [0.1, 0.15) is 6.04 Å². The van der Waals surface area contributed by atoms with Crippen LogP contribution >= 0.6 is 15.9 Å². The van der Waals surface area contributed by atoms with Crippen molar-refractivity contribution < 1.29 is 9.90 Å². The summed E-state index contributed by atoms with van der Waals surface area (Å²) < 4.78 is 3.08. The zero-order valence-electron chi connectivity index (χ0n) is 10.7. The Morgan fingerprint density at radius 2 is 2.20 bits per heavy atom. The molecule has 0 fully saturated rings. The highest BCUT2D eigenvalue weighted by Crippen LogP contribution is 2.18. The Hall–Kier alpha value is -1.66. The number of rotatable bonds is 3. The van der Waals surface area contributed by atoms with Gasteiger partial charge in [-0.1, -0.05) is 28.1 Å².